The van der Waals surface area contributed by atoms with Crippen molar-refractivity contribution in [1.82, 2.24) is 0 Å². The Morgan fingerprint density at radius 2 is 1.77 bits per heavy atom. The third-order valence-corrected chi connectivity index (χ3v) is 3.91. The normalized spacial score (nSPS) is 14.0. The molecule has 1 amide bonds. The number of hydrogen-bond acceptors (Lipinski definition) is 4. The number of benzodiazepines with no additional fused rings is 1. The second-order valence-corrected chi connectivity index (χ2v) is 5.51. The van der Waals surface area contributed by atoms with Crippen molar-refractivity contribution in [3.8, 4) is 11.5 Å². The summed E-state index contributed by atoms with van der Waals surface area (Å²) in [6.07, 6.45) is -3.02. The van der Waals surface area contributed by atoms with Gasteiger partial charge in [0, 0.05) is 23.5 Å². The van der Waals surface area contributed by atoms with Crippen molar-refractivity contribution < 1.29 is 27.4 Å². The third-order valence-electron chi connectivity index (χ3n) is 3.91. The zero-order chi connectivity index (χ0) is 18.9. The number of carbonyl (C=O) groups excluding carboxylic acids is 1. The SMILES string of the molecule is COc1cc2c(cc1OC)N(c1cccc(C(F)(F)F)c1)C(=O)CN=C2. The van der Waals surface area contributed by atoms with Gasteiger partial charge < -0.3 is 9.47 Å². The summed E-state index contributed by atoms with van der Waals surface area (Å²) in [6, 6.07) is 7.76. The number of benzene rings is 2. The van der Waals surface area contributed by atoms with E-state index in [1.165, 1.54) is 37.5 Å². The van der Waals surface area contributed by atoms with Gasteiger partial charge in [0.1, 0.15) is 6.54 Å². The molecule has 8 heteroatoms. The Balaban J connectivity index is 2.19. The van der Waals surface area contributed by atoms with Crippen LogP contribution in [0.25, 0.3) is 0 Å². The van der Waals surface area contributed by atoms with Gasteiger partial charge in [-0.3, -0.25) is 14.7 Å². The number of fused-ring (bicyclic) bond motifs is 1. The van der Waals surface area contributed by atoms with Gasteiger partial charge >= 0.3 is 6.18 Å². The Morgan fingerprint density at radius 1 is 1.08 bits per heavy atom. The van der Waals surface area contributed by atoms with Crippen molar-refractivity contribution in [2.24, 2.45) is 4.99 Å². The van der Waals surface area contributed by atoms with Crippen LogP contribution in [0.4, 0.5) is 24.5 Å². The quantitative estimate of drug-likeness (QED) is 0.832. The van der Waals surface area contributed by atoms with E-state index in [9.17, 15) is 18.0 Å². The van der Waals surface area contributed by atoms with Crippen molar-refractivity contribution in [1.29, 1.82) is 0 Å². The van der Waals surface area contributed by atoms with Crippen LogP contribution in [0.5, 0.6) is 11.5 Å². The molecule has 26 heavy (non-hydrogen) atoms. The lowest BCUT2D eigenvalue weighted by Crippen LogP contribution is -2.28. The maximum Gasteiger partial charge on any atom is 0.416 e. The van der Waals surface area contributed by atoms with Gasteiger partial charge in [0.2, 0.25) is 0 Å². The predicted molar refractivity (Wildman–Crippen MR) is 90.6 cm³/mol. The van der Waals surface area contributed by atoms with Crippen molar-refractivity contribution in [2.45, 2.75) is 6.18 Å². The van der Waals surface area contributed by atoms with E-state index >= 15 is 0 Å². The van der Waals surface area contributed by atoms with Crippen molar-refractivity contribution in [3.05, 3.63) is 47.5 Å². The van der Waals surface area contributed by atoms with E-state index in [4.69, 9.17) is 9.47 Å². The fraction of sp³-hybridized carbons (Fsp3) is 0.222. The summed E-state index contributed by atoms with van der Waals surface area (Å²) < 4.78 is 49.7. The van der Waals surface area contributed by atoms with Crippen molar-refractivity contribution in [2.75, 3.05) is 25.7 Å². The molecule has 0 atom stereocenters. The molecule has 0 fully saturated rings. The third kappa shape index (κ3) is 3.22. The fourth-order valence-corrected chi connectivity index (χ4v) is 2.71. The molecule has 0 aliphatic carbocycles. The molecular weight excluding hydrogens is 349 g/mol. The van der Waals surface area contributed by atoms with Crippen LogP contribution in [0.3, 0.4) is 0 Å². The molecule has 0 aromatic heterocycles. The van der Waals surface area contributed by atoms with Crippen LogP contribution >= 0.6 is 0 Å². The van der Waals surface area contributed by atoms with Gasteiger partial charge in [-0.25, -0.2) is 0 Å². The molecule has 136 valence electrons. The number of alkyl halides is 3. The maximum absolute atomic E-state index is 13.1. The monoisotopic (exact) mass is 364 g/mol. The zero-order valence-electron chi connectivity index (χ0n) is 14.0. The summed E-state index contributed by atoms with van der Waals surface area (Å²) in [6.45, 7) is -0.185. The lowest BCUT2D eigenvalue weighted by atomic mass is 10.1. The van der Waals surface area contributed by atoms with Gasteiger partial charge in [-0.15, -0.1) is 0 Å². The molecule has 1 aliphatic heterocycles. The maximum atomic E-state index is 13.1. The van der Waals surface area contributed by atoms with E-state index in [1.54, 1.807) is 12.1 Å². The molecular formula is C18H15F3N2O3. The summed E-state index contributed by atoms with van der Waals surface area (Å²) in [5.41, 5.74) is 0.165. The van der Waals surface area contributed by atoms with Gasteiger partial charge in [-0.05, 0) is 24.3 Å². The molecule has 0 radical (unpaired) electrons. The Hall–Kier alpha value is -3.03. The highest BCUT2D eigenvalue weighted by Gasteiger charge is 2.32. The number of nitrogens with zero attached hydrogens (tertiary/aromatic N) is 2. The summed E-state index contributed by atoms with van der Waals surface area (Å²) in [7, 11) is 2.90. The Bertz CT molecular complexity index is 878. The molecule has 0 spiro atoms. The largest absolute Gasteiger partial charge is 0.493 e. The minimum absolute atomic E-state index is 0.101. The molecule has 0 unspecified atom stereocenters. The number of rotatable bonds is 3. The lowest BCUT2D eigenvalue weighted by molar-refractivity contribution is -0.137. The highest BCUT2D eigenvalue weighted by Crippen LogP contribution is 2.39. The van der Waals surface area contributed by atoms with Gasteiger partial charge in [0.15, 0.2) is 11.5 Å². The average molecular weight is 364 g/mol. The van der Waals surface area contributed by atoms with Crippen LogP contribution in [0.15, 0.2) is 41.4 Å². The Kier molecular flexibility index (Phi) is 4.58. The zero-order valence-corrected chi connectivity index (χ0v) is 14.0. The number of carbonyl (C=O) groups is 1. The van der Waals surface area contributed by atoms with Crippen molar-refractivity contribution in [3.63, 3.8) is 0 Å². The average Bonchev–Trinajstić information content (AvgIpc) is 2.77. The van der Waals surface area contributed by atoms with Gasteiger partial charge in [0.25, 0.3) is 5.91 Å². The summed E-state index contributed by atoms with van der Waals surface area (Å²) >= 11 is 0. The highest BCUT2D eigenvalue weighted by molar-refractivity contribution is 6.08. The smallest absolute Gasteiger partial charge is 0.416 e. The summed E-state index contributed by atoms with van der Waals surface area (Å²) in [5.74, 6) is 0.328. The predicted octanol–water partition coefficient (Wildman–Crippen LogP) is 3.82. The van der Waals surface area contributed by atoms with Crippen LogP contribution in [0.1, 0.15) is 11.1 Å². The number of halogens is 3. The Morgan fingerprint density at radius 3 is 2.42 bits per heavy atom. The molecule has 1 aliphatic rings. The first-order valence-corrected chi connectivity index (χ1v) is 7.61. The second kappa shape index (κ2) is 6.70. The summed E-state index contributed by atoms with van der Waals surface area (Å²) in [4.78, 5) is 17.8. The molecule has 5 nitrogen and oxygen atoms in total. The van der Waals surface area contributed by atoms with Crippen LogP contribution in [0.2, 0.25) is 0 Å². The van der Waals surface area contributed by atoms with E-state index in [2.05, 4.69) is 4.99 Å². The molecule has 0 N–H and O–H groups in total. The van der Waals surface area contributed by atoms with E-state index < -0.39 is 17.6 Å². The molecule has 0 saturated carbocycles. The highest BCUT2D eigenvalue weighted by atomic mass is 19.4. The minimum Gasteiger partial charge on any atom is -0.493 e. The Labute approximate surface area is 147 Å². The first-order valence-electron chi connectivity index (χ1n) is 7.61. The molecule has 0 saturated heterocycles. The minimum atomic E-state index is -4.51. The molecule has 2 aromatic rings. The first-order chi connectivity index (χ1) is 12.3. The van der Waals surface area contributed by atoms with Gasteiger partial charge in [0.05, 0.1) is 25.5 Å². The van der Waals surface area contributed by atoms with Crippen LogP contribution in [0, 0.1) is 0 Å². The number of hydrogen-bond donors (Lipinski definition) is 0. The standard InChI is InChI=1S/C18H15F3N2O3/c1-25-15-6-11-9-22-10-17(24)23(14(11)8-16(15)26-2)13-5-3-4-12(7-13)18(19,20)21/h3-9H,10H2,1-2H3. The number of amides is 1. The topological polar surface area (TPSA) is 51.1 Å². The van der Waals surface area contributed by atoms with Gasteiger partial charge in [-0.1, -0.05) is 6.07 Å². The number of ether oxygens (including phenoxy) is 2. The van der Waals surface area contributed by atoms with Crippen molar-refractivity contribution >= 4 is 23.5 Å². The molecule has 2 aromatic carbocycles. The summed E-state index contributed by atoms with van der Waals surface area (Å²) in [5, 5.41) is 0. The first kappa shape index (κ1) is 17.8. The second-order valence-electron chi connectivity index (χ2n) is 5.51. The van der Waals surface area contributed by atoms with Gasteiger partial charge in [-0.2, -0.15) is 13.2 Å². The fourth-order valence-electron chi connectivity index (χ4n) is 2.71. The number of methoxy groups -OCH3 is 2. The van der Waals surface area contributed by atoms with E-state index in [0.29, 0.717) is 22.7 Å². The van der Waals surface area contributed by atoms with E-state index in [0.717, 1.165) is 12.1 Å². The van der Waals surface area contributed by atoms with Crippen LogP contribution in [-0.4, -0.2) is 32.9 Å². The van der Waals surface area contributed by atoms with Crippen LogP contribution < -0.4 is 14.4 Å². The number of aliphatic imine (C=N–C) groups is 1. The molecule has 1 heterocycles. The number of anilines is 2. The van der Waals surface area contributed by atoms with Crippen LogP contribution in [-0.2, 0) is 11.0 Å². The molecule has 0 bridgehead atoms. The lowest BCUT2D eigenvalue weighted by Gasteiger charge is -2.24. The van der Waals surface area contributed by atoms with E-state index in [1.807, 2.05) is 0 Å². The molecule has 3 rings (SSSR count). The van der Waals surface area contributed by atoms with E-state index in [-0.39, 0.29) is 12.2 Å².